The van der Waals surface area contributed by atoms with Gasteiger partial charge in [0.15, 0.2) is 5.96 Å². The molecule has 0 aliphatic heterocycles. The first-order valence-corrected chi connectivity index (χ1v) is 11.2. The number of phenols is 1. The van der Waals surface area contributed by atoms with Gasteiger partial charge in [0.1, 0.15) is 17.8 Å². The molecule has 0 aromatic heterocycles. The van der Waals surface area contributed by atoms with Crippen LogP contribution in [0.15, 0.2) is 53.5 Å². The minimum Gasteiger partial charge on any atom is -0.508 e. The van der Waals surface area contributed by atoms with Crippen LogP contribution in [0.3, 0.4) is 0 Å². The van der Waals surface area contributed by atoms with E-state index >= 15 is 0 Å². The third kappa shape index (κ3) is 9.85. The Kier molecular flexibility index (Phi) is 10.6. The maximum absolute atomic E-state index is 12.6. The normalized spacial score (nSPS) is 11.9. The summed E-state index contributed by atoms with van der Waals surface area (Å²) >= 11 is 0. The highest BCUT2D eigenvalue weighted by Crippen LogP contribution is 2.13. The molecule has 0 aliphatic rings. The van der Waals surface area contributed by atoms with Gasteiger partial charge in [-0.15, -0.1) is 0 Å². The fraction of sp³-hybridized carbons (Fsp3) is 0.250. The van der Waals surface area contributed by atoms with Crippen molar-refractivity contribution in [1.29, 1.82) is 0 Å². The average Bonchev–Trinajstić information content (AvgIpc) is 2.84. The number of hydrogen-bond donors (Lipinski definition) is 8. The van der Waals surface area contributed by atoms with Crippen LogP contribution < -0.4 is 27.4 Å². The van der Waals surface area contributed by atoms with Crippen LogP contribution >= 0.6 is 0 Å². The van der Waals surface area contributed by atoms with Gasteiger partial charge in [0.2, 0.25) is 11.8 Å². The standard InChI is InChI=1S/C24H28N6O8/c25-24(26)28-15-5-3-14(4-6-15)21(35)27-10-9-19(32)29-17(12-20(33)34)22(36)30-18(23(37)38)11-13-1-7-16(31)8-2-13/h1-8,17-18,31H,9-12H2,(H,27,35)(H,29,32)(H,30,36)(H,33,34)(H,37,38)(H4,25,26,28)/t17-,18+/m0/s1. The van der Waals surface area contributed by atoms with Crippen LogP contribution in [0.1, 0.15) is 28.8 Å². The van der Waals surface area contributed by atoms with Crippen molar-refractivity contribution in [3.8, 4) is 5.75 Å². The number of hydrogen-bond acceptors (Lipinski definition) is 7. The summed E-state index contributed by atoms with van der Waals surface area (Å²) in [6, 6.07) is 8.65. The maximum atomic E-state index is 12.6. The Morgan fingerprint density at radius 3 is 2.05 bits per heavy atom. The molecule has 2 rings (SSSR count). The summed E-state index contributed by atoms with van der Waals surface area (Å²) in [4.78, 5) is 63.9. The van der Waals surface area contributed by atoms with Crippen molar-refractivity contribution < 1.29 is 39.3 Å². The molecule has 2 aromatic rings. The summed E-state index contributed by atoms with van der Waals surface area (Å²) in [5.74, 6) is -5.16. The van der Waals surface area contributed by atoms with Crippen LogP contribution in [-0.2, 0) is 25.6 Å². The smallest absolute Gasteiger partial charge is 0.326 e. The van der Waals surface area contributed by atoms with Crippen molar-refractivity contribution in [1.82, 2.24) is 16.0 Å². The number of rotatable bonds is 13. The molecule has 3 amide bonds. The number of nitrogens with one attached hydrogen (secondary N) is 3. The molecule has 0 bridgehead atoms. The van der Waals surface area contributed by atoms with Crippen molar-refractivity contribution >= 4 is 41.3 Å². The van der Waals surface area contributed by atoms with Crippen LogP contribution in [0.5, 0.6) is 5.75 Å². The highest BCUT2D eigenvalue weighted by molar-refractivity contribution is 5.95. The van der Waals surface area contributed by atoms with E-state index in [-0.39, 0.29) is 36.7 Å². The van der Waals surface area contributed by atoms with Gasteiger partial charge in [-0.3, -0.25) is 19.2 Å². The Balaban J connectivity index is 1.93. The molecule has 14 heteroatoms. The van der Waals surface area contributed by atoms with Gasteiger partial charge in [0.25, 0.3) is 5.91 Å². The Morgan fingerprint density at radius 1 is 0.868 bits per heavy atom. The highest BCUT2D eigenvalue weighted by atomic mass is 16.4. The van der Waals surface area contributed by atoms with E-state index in [1.807, 2.05) is 0 Å². The molecule has 2 atom stereocenters. The van der Waals surface area contributed by atoms with Crippen molar-refractivity contribution in [3.05, 3.63) is 59.7 Å². The number of nitrogens with two attached hydrogens (primary N) is 2. The third-order valence-electron chi connectivity index (χ3n) is 5.05. The summed E-state index contributed by atoms with van der Waals surface area (Å²) in [5, 5.41) is 35.0. The number of benzene rings is 2. The number of aromatic hydroxyl groups is 1. The lowest BCUT2D eigenvalue weighted by atomic mass is 10.0. The van der Waals surface area contributed by atoms with Gasteiger partial charge in [-0.1, -0.05) is 12.1 Å². The number of phenolic OH excluding ortho intramolecular Hbond substituents is 1. The van der Waals surface area contributed by atoms with Gasteiger partial charge in [0, 0.05) is 24.9 Å². The Bertz CT molecular complexity index is 1190. The summed E-state index contributed by atoms with van der Waals surface area (Å²) in [7, 11) is 0. The van der Waals surface area contributed by atoms with E-state index in [0.717, 1.165) is 0 Å². The predicted octanol–water partition coefficient (Wildman–Crippen LogP) is -0.811. The zero-order valence-corrected chi connectivity index (χ0v) is 20.1. The van der Waals surface area contributed by atoms with Gasteiger partial charge in [0.05, 0.1) is 12.1 Å². The number of carboxylic acid groups (broad SMARTS) is 2. The van der Waals surface area contributed by atoms with E-state index in [1.54, 1.807) is 0 Å². The first-order chi connectivity index (χ1) is 17.9. The molecular weight excluding hydrogens is 500 g/mol. The number of guanidine groups is 1. The quantitative estimate of drug-likeness (QED) is 0.119. The topological polar surface area (TPSA) is 247 Å². The van der Waals surface area contributed by atoms with E-state index in [1.165, 1.54) is 48.5 Å². The molecule has 0 saturated carbocycles. The molecule has 38 heavy (non-hydrogen) atoms. The van der Waals surface area contributed by atoms with Crippen molar-refractivity contribution in [2.24, 2.45) is 16.5 Å². The van der Waals surface area contributed by atoms with E-state index in [9.17, 15) is 34.2 Å². The number of carbonyl (C=O) groups is 5. The Morgan fingerprint density at radius 2 is 1.50 bits per heavy atom. The van der Waals surface area contributed by atoms with E-state index < -0.39 is 48.2 Å². The van der Waals surface area contributed by atoms with E-state index in [4.69, 9.17) is 16.6 Å². The van der Waals surface area contributed by atoms with Gasteiger partial charge < -0.3 is 42.7 Å². The monoisotopic (exact) mass is 528 g/mol. The molecule has 0 saturated heterocycles. The van der Waals surface area contributed by atoms with Gasteiger partial charge >= 0.3 is 11.9 Å². The minimum atomic E-state index is -1.56. The second kappa shape index (κ2) is 13.8. The Labute approximate surface area is 216 Å². The molecule has 202 valence electrons. The molecule has 0 radical (unpaired) electrons. The Hall–Kier alpha value is -5.14. The van der Waals surface area contributed by atoms with Crippen molar-refractivity contribution in [2.75, 3.05) is 6.54 Å². The lowest BCUT2D eigenvalue weighted by Gasteiger charge is -2.20. The molecule has 0 heterocycles. The van der Waals surface area contributed by atoms with Crippen LogP contribution in [-0.4, -0.2) is 69.6 Å². The van der Waals surface area contributed by atoms with Crippen LogP contribution in [0.25, 0.3) is 0 Å². The van der Waals surface area contributed by atoms with Gasteiger partial charge in [-0.25, -0.2) is 9.79 Å². The molecule has 0 aliphatic carbocycles. The van der Waals surface area contributed by atoms with Crippen LogP contribution in [0, 0.1) is 0 Å². The lowest BCUT2D eigenvalue weighted by Crippen LogP contribution is -2.53. The number of nitrogens with zero attached hydrogens (tertiary/aromatic N) is 1. The largest absolute Gasteiger partial charge is 0.508 e. The van der Waals surface area contributed by atoms with Crippen LogP contribution in [0.2, 0.25) is 0 Å². The summed E-state index contributed by atoms with van der Waals surface area (Å²) in [6.45, 7) is -0.125. The van der Waals surface area contributed by atoms with Gasteiger partial charge in [-0.2, -0.15) is 0 Å². The minimum absolute atomic E-state index is 0.0224. The van der Waals surface area contributed by atoms with Gasteiger partial charge in [-0.05, 0) is 42.0 Å². The summed E-state index contributed by atoms with van der Waals surface area (Å²) in [5.41, 5.74) is 11.8. The average molecular weight is 529 g/mol. The predicted molar refractivity (Wildman–Crippen MR) is 134 cm³/mol. The van der Waals surface area contributed by atoms with E-state index in [0.29, 0.717) is 11.3 Å². The fourth-order valence-electron chi connectivity index (χ4n) is 3.22. The molecule has 14 nitrogen and oxygen atoms in total. The zero-order valence-electron chi connectivity index (χ0n) is 20.1. The third-order valence-corrected chi connectivity index (χ3v) is 5.05. The van der Waals surface area contributed by atoms with E-state index in [2.05, 4.69) is 20.9 Å². The zero-order chi connectivity index (χ0) is 28.2. The van der Waals surface area contributed by atoms with Crippen molar-refractivity contribution in [3.63, 3.8) is 0 Å². The number of aliphatic carboxylic acids is 2. The van der Waals surface area contributed by atoms with Crippen molar-refractivity contribution in [2.45, 2.75) is 31.3 Å². The highest BCUT2D eigenvalue weighted by Gasteiger charge is 2.28. The number of carbonyl (C=O) groups excluding carboxylic acids is 3. The number of aliphatic imine (C=N–C) groups is 1. The molecular formula is C24H28N6O8. The summed E-state index contributed by atoms with van der Waals surface area (Å²) < 4.78 is 0. The molecule has 0 unspecified atom stereocenters. The molecule has 0 spiro atoms. The molecule has 2 aromatic carbocycles. The lowest BCUT2D eigenvalue weighted by molar-refractivity contribution is -0.143. The second-order valence-corrected chi connectivity index (χ2v) is 8.08. The first-order valence-electron chi connectivity index (χ1n) is 11.2. The first kappa shape index (κ1) is 29.1. The SMILES string of the molecule is NC(N)=Nc1ccc(C(=O)NCCC(=O)N[C@@H](CC(=O)O)C(=O)N[C@H](Cc2ccc(O)cc2)C(=O)O)cc1. The molecule has 0 fully saturated rings. The number of amides is 3. The molecule has 10 N–H and O–H groups in total. The number of carboxylic acids is 2. The van der Waals surface area contributed by atoms with Crippen LogP contribution in [0.4, 0.5) is 5.69 Å². The summed E-state index contributed by atoms with van der Waals surface area (Å²) in [6.07, 6.45) is -1.22. The second-order valence-electron chi connectivity index (χ2n) is 8.08. The fourth-order valence-corrected chi connectivity index (χ4v) is 3.22. The maximum Gasteiger partial charge on any atom is 0.326 e.